The summed E-state index contributed by atoms with van der Waals surface area (Å²) in [6.45, 7) is 2.02. The highest BCUT2D eigenvalue weighted by molar-refractivity contribution is 5.29. The van der Waals surface area contributed by atoms with Crippen molar-refractivity contribution in [3.8, 4) is 0 Å². The predicted octanol–water partition coefficient (Wildman–Crippen LogP) is 0.708. The highest BCUT2D eigenvalue weighted by Gasteiger charge is 2.42. The van der Waals surface area contributed by atoms with Crippen LogP contribution in [0.4, 0.5) is 0 Å². The Labute approximate surface area is 87.3 Å². The minimum atomic E-state index is -0.386. The summed E-state index contributed by atoms with van der Waals surface area (Å²) in [5, 5.41) is 8.17. The van der Waals surface area contributed by atoms with E-state index in [0.29, 0.717) is 11.7 Å². The molecule has 0 saturated heterocycles. The van der Waals surface area contributed by atoms with Gasteiger partial charge in [0.1, 0.15) is 0 Å². The predicted molar refractivity (Wildman–Crippen MR) is 55.0 cm³/mol. The molecule has 5 heteroatoms. The van der Waals surface area contributed by atoms with E-state index in [1.165, 1.54) is 12.8 Å². The third-order valence-corrected chi connectivity index (χ3v) is 3.10. The molecule has 15 heavy (non-hydrogen) atoms. The molecule has 1 fully saturated rings. The number of nitrogens with zero attached hydrogens (tertiary/aromatic N) is 4. The first-order chi connectivity index (χ1) is 7.19. The number of nitrogens with two attached hydrogens (primary N) is 1. The lowest BCUT2D eigenvalue weighted by Crippen LogP contribution is -2.37. The first-order valence-electron chi connectivity index (χ1n) is 5.14. The first kappa shape index (κ1) is 8.79. The van der Waals surface area contributed by atoms with E-state index in [4.69, 9.17) is 5.73 Å². The van der Waals surface area contributed by atoms with E-state index in [1.807, 2.05) is 23.6 Å². The van der Waals surface area contributed by atoms with E-state index >= 15 is 0 Å². The highest BCUT2D eigenvalue weighted by atomic mass is 15.3. The lowest BCUT2D eigenvalue weighted by Gasteiger charge is -2.21. The molecule has 0 aromatic carbocycles. The normalized spacial score (nSPS) is 20.4. The van der Waals surface area contributed by atoms with E-state index in [9.17, 15) is 0 Å². The molecule has 1 aliphatic carbocycles. The fourth-order valence-corrected chi connectivity index (χ4v) is 1.98. The molecule has 5 nitrogen and oxygen atoms in total. The van der Waals surface area contributed by atoms with Gasteiger partial charge in [0.05, 0.1) is 5.54 Å². The minimum Gasteiger partial charge on any atom is -0.319 e. The fraction of sp³-hybridized carbons (Fsp3) is 0.500. The van der Waals surface area contributed by atoms with Crippen LogP contribution in [0.25, 0.3) is 5.78 Å². The maximum Gasteiger partial charge on any atom is 0.255 e. The second kappa shape index (κ2) is 2.76. The van der Waals surface area contributed by atoms with E-state index in [1.54, 1.807) is 6.20 Å². The molecule has 0 amide bonds. The Morgan fingerprint density at radius 2 is 2.27 bits per heavy atom. The van der Waals surface area contributed by atoms with Crippen LogP contribution in [-0.2, 0) is 5.54 Å². The van der Waals surface area contributed by atoms with Crippen LogP contribution in [0, 0.1) is 5.92 Å². The molecule has 2 aromatic heterocycles. The third-order valence-electron chi connectivity index (χ3n) is 3.10. The summed E-state index contributed by atoms with van der Waals surface area (Å²) in [6, 6.07) is 1.86. The molecule has 2 heterocycles. The van der Waals surface area contributed by atoms with Gasteiger partial charge in [-0.3, -0.25) is 4.40 Å². The van der Waals surface area contributed by atoms with E-state index in [-0.39, 0.29) is 5.54 Å². The van der Waals surface area contributed by atoms with Gasteiger partial charge < -0.3 is 5.73 Å². The summed E-state index contributed by atoms with van der Waals surface area (Å²) in [7, 11) is 0. The van der Waals surface area contributed by atoms with Crippen LogP contribution in [0.3, 0.4) is 0 Å². The third kappa shape index (κ3) is 1.23. The van der Waals surface area contributed by atoms with Crippen molar-refractivity contribution in [3.05, 3.63) is 24.3 Å². The smallest absolute Gasteiger partial charge is 0.255 e. The van der Waals surface area contributed by atoms with E-state index in [2.05, 4.69) is 15.2 Å². The van der Waals surface area contributed by atoms with Gasteiger partial charge in [0.15, 0.2) is 5.82 Å². The van der Waals surface area contributed by atoms with E-state index < -0.39 is 0 Å². The van der Waals surface area contributed by atoms with Gasteiger partial charge in [-0.15, -0.1) is 10.2 Å². The zero-order valence-electron chi connectivity index (χ0n) is 8.59. The lowest BCUT2D eigenvalue weighted by atomic mass is 9.96. The molecule has 0 aliphatic heterocycles. The SMILES string of the molecule is CC(N)(c1nnc2ncccn12)C1CC1. The topological polar surface area (TPSA) is 69.1 Å². The van der Waals surface area contributed by atoms with Gasteiger partial charge in [-0.25, -0.2) is 4.98 Å². The van der Waals surface area contributed by atoms with Gasteiger partial charge >= 0.3 is 0 Å². The Kier molecular flexibility index (Phi) is 1.62. The molecular formula is C10H13N5. The molecule has 1 unspecified atom stereocenters. The summed E-state index contributed by atoms with van der Waals surface area (Å²) in [5.41, 5.74) is 5.92. The fourth-order valence-electron chi connectivity index (χ4n) is 1.98. The van der Waals surface area contributed by atoms with Crippen molar-refractivity contribution in [2.45, 2.75) is 25.3 Å². The zero-order chi connectivity index (χ0) is 10.5. The quantitative estimate of drug-likeness (QED) is 0.780. The van der Waals surface area contributed by atoms with Crippen LogP contribution < -0.4 is 5.73 Å². The molecule has 2 N–H and O–H groups in total. The average molecular weight is 203 g/mol. The Morgan fingerprint density at radius 3 is 3.00 bits per heavy atom. The maximum atomic E-state index is 6.30. The zero-order valence-corrected chi connectivity index (χ0v) is 8.59. The van der Waals surface area contributed by atoms with Crippen LogP contribution in [0.2, 0.25) is 0 Å². The molecule has 1 atom stereocenters. The monoisotopic (exact) mass is 203 g/mol. The number of hydrogen-bond acceptors (Lipinski definition) is 4. The van der Waals surface area contributed by atoms with Crippen molar-refractivity contribution in [1.29, 1.82) is 0 Å². The molecular weight excluding hydrogens is 190 g/mol. The highest BCUT2D eigenvalue weighted by Crippen LogP contribution is 2.42. The molecule has 0 radical (unpaired) electrons. The van der Waals surface area contributed by atoms with Crippen molar-refractivity contribution in [2.75, 3.05) is 0 Å². The second-order valence-corrected chi connectivity index (χ2v) is 4.37. The summed E-state index contributed by atoms with van der Waals surface area (Å²) in [4.78, 5) is 4.13. The molecule has 1 saturated carbocycles. The van der Waals surface area contributed by atoms with Crippen molar-refractivity contribution in [1.82, 2.24) is 19.6 Å². The van der Waals surface area contributed by atoms with Crippen LogP contribution in [0.1, 0.15) is 25.6 Å². The van der Waals surface area contributed by atoms with Gasteiger partial charge in [-0.2, -0.15) is 0 Å². The van der Waals surface area contributed by atoms with Gasteiger partial charge in [0.2, 0.25) is 0 Å². The summed E-state index contributed by atoms with van der Waals surface area (Å²) in [5.74, 6) is 1.96. The van der Waals surface area contributed by atoms with Crippen molar-refractivity contribution in [3.63, 3.8) is 0 Å². The number of aromatic nitrogens is 4. The van der Waals surface area contributed by atoms with Crippen LogP contribution in [-0.4, -0.2) is 19.6 Å². The van der Waals surface area contributed by atoms with E-state index in [0.717, 1.165) is 5.82 Å². The standard InChI is InChI=1S/C10H13N5/c1-10(11,7-3-4-7)8-13-14-9-12-5-2-6-15(8)9/h2,5-7H,3-4,11H2,1H3. The summed E-state index contributed by atoms with van der Waals surface area (Å²) < 4.78 is 1.87. The van der Waals surface area contributed by atoms with Gasteiger partial charge in [0, 0.05) is 12.4 Å². The molecule has 2 aromatic rings. The molecule has 0 bridgehead atoms. The maximum absolute atomic E-state index is 6.30. The van der Waals surface area contributed by atoms with Crippen LogP contribution >= 0.6 is 0 Å². The second-order valence-electron chi connectivity index (χ2n) is 4.37. The summed E-state index contributed by atoms with van der Waals surface area (Å²) in [6.07, 6.45) is 5.98. The van der Waals surface area contributed by atoms with Crippen molar-refractivity contribution < 1.29 is 0 Å². The largest absolute Gasteiger partial charge is 0.319 e. The number of rotatable bonds is 2. The average Bonchev–Trinajstić information content (AvgIpc) is 2.98. The Morgan fingerprint density at radius 1 is 1.47 bits per heavy atom. The summed E-state index contributed by atoms with van der Waals surface area (Å²) >= 11 is 0. The first-order valence-corrected chi connectivity index (χ1v) is 5.14. The Balaban J connectivity index is 2.18. The minimum absolute atomic E-state index is 0.386. The molecule has 1 aliphatic rings. The van der Waals surface area contributed by atoms with Crippen molar-refractivity contribution >= 4 is 5.78 Å². The lowest BCUT2D eigenvalue weighted by molar-refractivity contribution is 0.396. The number of hydrogen-bond donors (Lipinski definition) is 1. The van der Waals surface area contributed by atoms with Gasteiger partial charge in [0.25, 0.3) is 5.78 Å². The van der Waals surface area contributed by atoms with Crippen LogP contribution in [0.5, 0.6) is 0 Å². The van der Waals surface area contributed by atoms with Crippen molar-refractivity contribution in [2.24, 2.45) is 11.7 Å². The van der Waals surface area contributed by atoms with Gasteiger partial charge in [-0.1, -0.05) is 0 Å². The number of fused-ring (bicyclic) bond motifs is 1. The van der Waals surface area contributed by atoms with Gasteiger partial charge in [-0.05, 0) is 31.7 Å². The molecule has 0 spiro atoms. The molecule has 78 valence electrons. The Bertz CT molecular complexity index is 497. The molecule has 3 rings (SSSR count). The Hall–Kier alpha value is -1.49. The van der Waals surface area contributed by atoms with Crippen LogP contribution in [0.15, 0.2) is 18.5 Å².